The van der Waals surface area contributed by atoms with Crippen LogP contribution in [0.5, 0.6) is 0 Å². The van der Waals surface area contributed by atoms with Crippen molar-refractivity contribution in [2.24, 2.45) is 23.7 Å². The van der Waals surface area contributed by atoms with E-state index in [4.69, 9.17) is 0 Å². The van der Waals surface area contributed by atoms with Gasteiger partial charge in [-0.1, -0.05) is 44.1 Å². The van der Waals surface area contributed by atoms with Crippen LogP contribution in [0.25, 0.3) is 0 Å². The standard InChI is InChI=1S/C25H31F3/c1-2-19-7-13-22(14-8-19)23-15-9-20(10-16-23)5-3-4-6-21-11-17-24(18-12-21)25(26,27)28/h3,5,11-12,17-20,22-23H,2,7-10,13-16H2,1H3. The minimum Gasteiger partial charge on any atom is -0.166 e. The number of allylic oxidation sites excluding steroid dienone is 2. The maximum atomic E-state index is 12.6. The SMILES string of the molecule is CCC1CCC(C2CCC(C=CC#Cc3ccc(C(F)(F)F)cc3)CC2)CC1. The Kier molecular flexibility index (Phi) is 7.27. The second-order valence-electron chi connectivity index (χ2n) is 8.57. The summed E-state index contributed by atoms with van der Waals surface area (Å²) >= 11 is 0. The summed E-state index contributed by atoms with van der Waals surface area (Å²) in [4.78, 5) is 0. The van der Waals surface area contributed by atoms with Crippen molar-refractivity contribution in [3.8, 4) is 11.8 Å². The second kappa shape index (κ2) is 9.68. The first-order valence-corrected chi connectivity index (χ1v) is 10.8. The minimum absolute atomic E-state index is 0.602. The molecule has 0 radical (unpaired) electrons. The number of alkyl halides is 3. The Balaban J connectivity index is 1.43. The van der Waals surface area contributed by atoms with Crippen molar-refractivity contribution in [1.29, 1.82) is 0 Å². The van der Waals surface area contributed by atoms with Crippen LogP contribution in [0.2, 0.25) is 0 Å². The minimum atomic E-state index is -4.29. The van der Waals surface area contributed by atoms with Crippen molar-refractivity contribution in [2.75, 3.05) is 0 Å². The lowest BCUT2D eigenvalue weighted by atomic mass is 9.69. The number of benzene rings is 1. The Morgan fingerprint density at radius 2 is 1.46 bits per heavy atom. The van der Waals surface area contributed by atoms with Crippen LogP contribution in [-0.4, -0.2) is 0 Å². The van der Waals surface area contributed by atoms with Crippen molar-refractivity contribution in [1.82, 2.24) is 0 Å². The van der Waals surface area contributed by atoms with Crippen LogP contribution in [0, 0.1) is 35.5 Å². The zero-order chi connectivity index (χ0) is 20.0. The van der Waals surface area contributed by atoms with Crippen LogP contribution in [-0.2, 0) is 6.18 Å². The highest BCUT2D eigenvalue weighted by atomic mass is 19.4. The summed E-state index contributed by atoms with van der Waals surface area (Å²) in [5.74, 6) is 9.35. The Hall–Kier alpha value is -1.69. The molecule has 2 saturated carbocycles. The van der Waals surface area contributed by atoms with E-state index in [1.54, 1.807) is 0 Å². The first kappa shape index (κ1) is 21.0. The van der Waals surface area contributed by atoms with Crippen LogP contribution in [0.4, 0.5) is 13.2 Å². The van der Waals surface area contributed by atoms with Gasteiger partial charge in [0.2, 0.25) is 0 Å². The van der Waals surface area contributed by atoms with E-state index in [1.807, 2.05) is 6.08 Å². The van der Waals surface area contributed by atoms with Crippen molar-refractivity contribution < 1.29 is 13.2 Å². The van der Waals surface area contributed by atoms with E-state index in [0.717, 1.165) is 29.9 Å². The van der Waals surface area contributed by atoms with E-state index >= 15 is 0 Å². The maximum Gasteiger partial charge on any atom is 0.416 e. The molecule has 0 unspecified atom stereocenters. The topological polar surface area (TPSA) is 0 Å². The van der Waals surface area contributed by atoms with Gasteiger partial charge in [-0.15, -0.1) is 0 Å². The summed E-state index contributed by atoms with van der Waals surface area (Å²) in [7, 11) is 0. The lowest BCUT2D eigenvalue weighted by Gasteiger charge is -2.37. The fourth-order valence-corrected chi connectivity index (χ4v) is 4.93. The van der Waals surface area contributed by atoms with Crippen molar-refractivity contribution in [2.45, 2.75) is 70.9 Å². The van der Waals surface area contributed by atoms with Gasteiger partial charge in [-0.25, -0.2) is 0 Å². The quantitative estimate of drug-likeness (QED) is 0.467. The van der Waals surface area contributed by atoms with Gasteiger partial charge in [0.15, 0.2) is 0 Å². The molecule has 0 amide bonds. The van der Waals surface area contributed by atoms with Crippen LogP contribution in [0.15, 0.2) is 36.4 Å². The molecule has 2 fully saturated rings. The number of hydrogen-bond donors (Lipinski definition) is 0. The molecule has 2 aliphatic rings. The summed E-state index contributed by atoms with van der Waals surface area (Å²) < 4.78 is 37.7. The summed E-state index contributed by atoms with van der Waals surface area (Å²) in [5.41, 5.74) is -0.0161. The molecule has 0 bridgehead atoms. The molecule has 1 aromatic rings. The van der Waals surface area contributed by atoms with Gasteiger partial charge in [-0.2, -0.15) is 13.2 Å². The fourth-order valence-electron chi connectivity index (χ4n) is 4.93. The van der Waals surface area contributed by atoms with E-state index in [-0.39, 0.29) is 0 Å². The first-order valence-electron chi connectivity index (χ1n) is 10.8. The van der Waals surface area contributed by atoms with E-state index in [1.165, 1.54) is 69.9 Å². The number of hydrogen-bond acceptors (Lipinski definition) is 0. The smallest absolute Gasteiger partial charge is 0.166 e. The summed E-state index contributed by atoms with van der Waals surface area (Å²) in [5, 5.41) is 0. The fraction of sp³-hybridized carbons (Fsp3) is 0.600. The summed E-state index contributed by atoms with van der Waals surface area (Å²) in [6, 6.07) is 5.04. The van der Waals surface area contributed by atoms with Crippen molar-refractivity contribution in [3.63, 3.8) is 0 Å². The zero-order valence-corrected chi connectivity index (χ0v) is 16.8. The van der Waals surface area contributed by atoms with Crippen LogP contribution in [0.1, 0.15) is 75.8 Å². The molecule has 0 heterocycles. The van der Waals surface area contributed by atoms with Gasteiger partial charge in [0.05, 0.1) is 5.56 Å². The molecule has 0 aliphatic heterocycles. The van der Waals surface area contributed by atoms with E-state index in [0.29, 0.717) is 11.5 Å². The summed E-state index contributed by atoms with van der Waals surface area (Å²) in [6.45, 7) is 2.32. The highest BCUT2D eigenvalue weighted by Crippen LogP contribution is 2.42. The van der Waals surface area contributed by atoms with Crippen LogP contribution < -0.4 is 0 Å². The Labute approximate surface area is 167 Å². The lowest BCUT2D eigenvalue weighted by molar-refractivity contribution is -0.137. The van der Waals surface area contributed by atoms with Gasteiger partial charge < -0.3 is 0 Å². The van der Waals surface area contributed by atoms with Gasteiger partial charge in [-0.3, -0.25) is 0 Å². The molecule has 28 heavy (non-hydrogen) atoms. The van der Waals surface area contributed by atoms with Gasteiger partial charge >= 0.3 is 6.18 Å². The van der Waals surface area contributed by atoms with Crippen LogP contribution in [0.3, 0.4) is 0 Å². The molecule has 1 aromatic carbocycles. The predicted molar refractivity (Wildman–Crippen MR) is 109 cm³/mol. The Morgan fingerprint density at radius 3 is 2.00 bits per heavy atom. The molecule has 0 N–H and O–H groups in total. The third kappa shape index (κ3) is 5.90. The molecule has 0 spiro atoms. The third-order valence-electron chi connectivity index (χ3n) is 6.83. The molecular weight excluding hydrogens is 357 g/mol. The molecule has 0 atom stereocenters. The third-order valence-corrected chi connectivity index (χ3v) is 6.83. The van der Waals surface area contributed by atoms with Gasteiger partial charge in [0, 0.05) is 5.56 Å². The molecule has 0 aromatic heterocycles. The van der Waals surface area contributed by atoms with Gasteiger partial charge in [0.1, 0.15) is 0 Å². The second-order valence-corrected chi connectivity index (χ2v) is 8.57. The van der Waals surface area contributed by atoms with Crippen LogP contribution >= 0.6 is 0 Å². The van der Waals surface area contributed by atoms with Gasteiger partial charge in [-0.05, 0) is 92.5 Å². The molecule has 3 heteroatoms. The van der Waals surface area contributed by atoms with E-state index in [9.17, 15) is 13.2 Å². The van der Waals surface area contributed by atoms with E-state index < -0.39 is 11.7 Å². The predicted octanol–water partition coefficient (Wildman–Crippen LogP) is 7.64. The first-order chi connectivity index (χ1) is 13.5. The van der Waals surface area contributed by atoms with Gasteiger partial charge in [0.25, 0.3) is 0 Å². The van der Waals surface area contributed by atoms with Crippen molar-refractivity contribution in [3.05, 3.63) is 47.5 Å². The number of halogens is 3. The largest absolute Gasteiger partial charge is 0.416 e. The molecule has 0 saturated heterocycles. The summed E-state index contributed by atoms with van der Waals surface area (Å²) in [6.07, 6.45) is 12.0. The molecule has 2 aliphatic carbocycles. The maximum absolute atomic E-state index is 12.6. The molecule has 152 valence electrons. The normalized spacial score (nSPS) is 28.7. The average Bonchev–Trinajstić information content (AvgIpc) is 2.71. The Morgan fingerprint density at radius 1 is 0.893 bits per heavy atom. The monoisotopic (exact) mass is 388 g/mol. The molecular formula is C25H31F3. The number of rotatable bonds is 3. The Bertz CT molecular complexity index is 686. The zero-order valence-electron chi connectivity index (χ0n) is 16.8. The highest BCUT2D eigenvalue weighted by molar-refractivity contribution is 5.39. The van der Waals surface area contributed by atoms with Crippen molar-refractivity contribution >= 4 is 0 Å². The average molecular weight is 389 g/mol. The molecule has 3 rings (SSSR count). The lowest BCUT2D eigenvalue weighted by Crippen LogP contribution is -2.25. The van der Waals surface area contributed by atoms with E-state index in [2.05, 4.69) is 24.8 Å². The molecule has 0 nitrogen and oxygen atoms in total. The highest BCUT2D eigenvalue weighted by Gasteiger charge is 2.30.